The number of ketones is 1. The first-order chi connectivity index (χ1) is 16.3. The number of thioether (sulfide) groups is 1. The minimum atomic E-state index is -0.843. The number of amides is 1. The third-order valence-corrected chi connectivity index (χ3v) is 5.76. The second-order valence-electron chi connectivity index (χ2n) is 7.36. The van der Waals surface area contributed by atoms with Crippen molar-refractivity contribution in [3.05, 3.63) is 105 Å². The Bertz CT molecular complexity index is 1240. The van der Waals surface area contributed by atoms with Gasteiger partial charge in [-0.1, -0.05) is 48.0 Å². The molecule has 9 heteroatoms. The molecule has 0 aliphatic heterocycles. The Morgan fingerprint density at radius 2 is 1.68 bits per heavy atom. The van der Waals surface area contributed by atoms with Gasteiger partial charge >= 0.3 is 5.97 Å². The number of nitrogens with zero attached hydrogens (tertiary/aromatic N) is 1. The summed E-state index contributed by atoms with van der Waals surface area (Å²) < 4.78 is 5.11. The number of carbonyl (C=O) groups is 3. The van der Waals surface area contributed by atoms with Crippen LogP contribution in [-0.2, 0) is 16.1 Å². The SMILES string of the molecule is CSc1ccc(C(=O)c2ccccc2C(=O)OCC(=O)NCc2ccc(C)cc2)cc1[N+](=O)[O-]. The van der Waals surface area contributed by atoms with Crippen LogP contribution in [0, 0.1) is 17.0 Å². The van der Waals surface area contributed by atoms with E-state index in [1.807, 2.05) is 31.2 Å². The molecule has 0 saturated heterocycles. The molecule has 0 bridgehead atoms. The van der Waals surface area contributed by atoms with Crippen LogP contribution in [0.5, 0.6) is 0 Å². The molecule has 174 valence electrons. The predicted octanol–water partition coefficient (Wildman–Crippen LogP) is 4.33. The van der Waals surface area contributed by atoms with E-state index in [1.165, 1.54) is 42.1 Å². The number of aryl methyl sites for hydroxylation is 1. The smallest absolute Gasteiger partial charge is 0.339 e. The van der Waals surface area contributed by atoms with Crippen LogP contribution in [0.3, 0.4) is 0 Å². The van der Waals surface area contributed by atoms with E-state index >= 15 is 0 Å². The third kappa shape index (κ3) is 6.08. The number of benzene rings is 3. The fourth-order valence-corrected chi connectivity index (χ4v) is 3.70. The first kappa shape index (κ1) is 24.7. The molecule has 8 nitrogen and oxygen atoms in total. The zero-order valence-electron chi connectivity index (χ0n) is 18.6. The van der Waals surface area contributed by atoms with E-state index in [0.717, 1.165) is 11.1 Å². The van der Waals surface area contributed by atoms with Gasteiger partial charge in [-0.05, 0) is 36.9 Å². The lowest BCUT2D eigenvalue weighted by Crippen LogP contribution is -2.28. The summed E-state index contributed by atoms with van der Waals surface area (Å²) in [4.78, 5) is 49.0. The van der Waals surface area contributed by atoms with Gasteiger partial charge in [0.2, 0.25) is 0 Å². The number of esters is 1. The topological polar surface area (TPSA) is 116 Å². The monoisotopic (exact) mass is 478 g/mol. The minimum Gasteiger partial charge on any atom is -0.452 e. The highest BCUT2D eigenvalue weighted by Crippen LogP contribution is 2.29. The lowest BCUT2D eigenvalue weighted by atomic mass is 9.98. The number of ether oxygens (including phenoxy) is 1. The minimum absolute atomic E-state index is 0.0266. The summed E-state index contributed by atoms with van der Waals surface area (Å²) in [5.74, 6) is -1.89. The van der Waals surface area contributed by atoms with Crippen molar-refractivity contribution < 1.29 is 24.0 Å². The number of hydrogen-bond acceptors (Lipinski definition) is 7. The summed E-state index contributed by atoms with van der Waals surface area (Å²) in [5.41, 5.74) is 1.88. The Morgan fingerprint density at radius 1 is 1.00 bits per heavy atom. The molecule has 0 heterocycles. The van der Waals surface area contributed by atoms with Crippen molar-refractivity contribution in [3.8, 4) is 0 Å². The van der Waals surface area contributed by atoms with Gasteiger partial charge in [-0.25, -0.2) is 4.79 Å². The van der Waals surface area contributed by atoms with Gasteiger partial charge in [0, 0.05) is 23.7 Å². The summed E-state index contributed by atoms with van der Waals surface area (Å²) in [7, 11) is 0. The van der Waals surface area contributed by atoms with Gasteiger partial charge in [0.15, 0.2) is 12.4 Å². The Labute approximate surface area is 200 Å². The van der Waals surface area contributed by atoms with Crippen molar-refractivity contribution in [1.82, 2.24) is 5.32 Å². The summed E-state index contributed by atoms with van der Waals surface area (Å²) in [6, 6.07) is 17.8. The standard InChI is InChI=1S/C25H22N2O6S/c1-16-7-9-17(10-8-16)14-26-23(28)15-33-25(30)20-6-4-3-5-19(20)24(29)18-11-12-22(34-2)21(13-18)27(31)32/h3-13H,14-15H2,1-2H3,(H,26,28). The normalized spacial score (nSPS) is 10.4. The molecular formula is C25H22N2O6S. The maximum Gasteiger partial charge on any atom is 0.339 e. The van der Waals surface area contributed by atoms with Gasteiger partial charge in [0.1, 0.15) is 0 Å². The molecule has 0 radical (unpaired) electrons. The number of carbonyl (C=O) groups excluding carboxylic acids is 3. The summed E-state index contributed by atoms with van der Waals surface area (Å²) >= 11 is 1.20. The average Bonchev–Trinajstić information content (AvgIpc) is 2.86. The van der Waals surface area contributed by atoms with E-state index < -0.39 is 29.2 Å². The molecule has 0 spiro atoms. The van der Waals surface area contributed by atoms with Crippen molar-refractivity contribution in [2.24, 2.45) is 0 Å². The lowest BCUT2D eigenvalue weighted by Gasteiger charge is -2.10. The molecular weight excluding hydrogens is 456 g/mol. The molecule has 3 aromatic carbocycles. The second kappa shape index (κ2) is 11.2. The van der Waals surface area contributed by atoms with Crippen molar-refractivity contribution in [1.29, 1.82) is 0 Å². The van der Waals surface area contributed by atoms with Crippen LogP contribution >= 0.6 is 11.8 Å². The van der Waals surface area contributed by atoms with Crippen molar-refractivity contribution >= 4 is 35.1 Å². The van der Waals surface area contributed by atoms with Crippen LogP contribution in [0.1, 0.15) is 37.4 Å². The zero-order chi connectivity index (χ0) is 24.7. The Morgan fingerprint density at radius 3 is 2.32 bits per heavy atom. The van der Waals surface area contributed by atoms with Gasteiger partial charge in [0.05, 0.1) is 15.4 Å². The summed E-state index contributed by atoms with van der Waals surface area (Å²) in [5, 5.41) is 14.0. The Kier molecular flexibility index (Phi) is 8.15. The van der Waals surface area contributed by atoms with Crippen LogP contribution in [0.25, 0.3) is 0 Å². The van der Waals surface area contributed by atoms with E-state index in [9.17, 15) is 24.5 Å². The van der Waals surface area contributed by atoms with E-state index in [2.05, 4.69) is 5.32 Å². The number of hydrogen-bond donors (Lipinski definition) is 1. The number of rotatable bonds is 9. The lowest BCUT2D eigenvalue weighted by molar-refractivity contribution is -0.387. The molecule has 3 rings (SSSR count). The van der Waals surface area contributed by atoms with Crippen molar-refractivity contribution in [2.75, 3.05) is 12.9 Å². The molecule has 0 aliphatic carbocycles. The van der Waals surface area contributed by atoms with Crippen LogP contribution in [0.15, 0.2) is 71.6 Å². The maximum atomic E-state index is 13.1. The highest BCUT2D eigenvalue weighted by atomic mass is 32.2. The van der Waals surface area contributed by atoms with Crippen molar-refractivity contribution in [3.63, 3.8) is 0 Å². The molecule has 0 fully saturated rings. The predicted molar refractivity (Wildman–Crippen MR) is 128 cm³/mol. The largest absolute Gasteiger partial charge is 0.452 e. The van der Waals surface area contributed by atoms with Crippen LogP contribution < -0.4 is 5.32 Å². The first-order valence-corrected chi connectivity index (χ1v) is 11.5. The van der Waals surface area contributed by atoms with Crippen molar-refractivity contribution in [2.45, 2.75) is 18.4 Å². The van der Waals surface area contributed by atoms with E-state index in [4.69, 9.17) is 4.74 Å². The molecule has 0 unspecified atom stereocenters. The van der Waals surface area contributed by atoms with E-state index in [0.29, 0.717) is 4.90 Å². The van der Waals surface area contributed by atoms with E-state index in [1.54, 1.807) is 18.4 Å². The molecule has 34 heavy (non-hydrogen) atoms. The highest BCUT2D eigenvalue weighted by molar-refractivity contribution is 7.98. The zero-order valence-corrected chi connectivity index (χ0v) is 19.4. The molecule has 0 aliphatic rings. The maximum absolute atomic E-state index is 13.1. The van der Waals surface area contributed by atoms with Crippen LogP contribution in [-0.4, -0.2) is 35.4 Å². The van der Waals surface area contributed by atoms with Gasteiger partial charge in [-0.15, -0.1) is 11.8 Å². The summed E-state index contributed by atoms with van der Waals surface area (Å²) in [6.45, 7) is 1.74. The van der Waals surface area contributed by atoms with Gasteiger partial charge < -0.3 is 10.1 Å². The molecule has 3 aromatic rings. The third-order valence-electron chi connectivity index (χ3n) is 4.97. The van der Waals surface area contributed by atoms with Gasteiger partial charge in [-0.3, -0.25) is 19.7 Å². The highest BCUT2D eigenvalue weighted by Gasteiger charge is 2.23. The molecule has 1 amide bonds. The number of nitro benzene ring substituents is 1. The van der Waals surface area contributed by atoms with Gasteiger partial charge in [0.25, 0.3) is 11.6 Å². The first-order valence-electron chi connectivity index (χ1n) is 10.3. The Hall–Kier alpha value is -3.98. The quantitative estimate of drug-likeness (QED) is 0.160. The molecule has 1 N–H and O–H groups in total. The molecule has 0 aromatic heterocycles. The molecule has 0 atom stereocenters. The average molecular weight is 479 g/mol. The van der Waals surface area contributed by atoms with E-state index in [-0.39, 0.29) is 28.9 Å². The number of nitrogens with one attached hydrogen (secondary N) is 1. The fraction of sp³-hybridized carbons (Fsp3) is 0.160. The Balaban J connectivity index is 1.69. The van der Waals surface area contributed by atoms with Crippen LogP contribution in [0.2, 0.25) is 0 Å². The molecule has 0 saturated carbocycles. The number of nitro groups is 1. The van der Waals surface area contributed by atoms with Gasteiger partial charge in [-0.2, -0.15) is 0 Å². The fourth-order valence-electron chi connectivity index (χ4n) is 3.15. The van der Waals surface area contributed by atoms with Crippen LogP contribution in [0.4, 0.5) is 5.69 Å². The summed E-state index contributed by atoms with van der Waals surface area (Å²) in [6.07, 6.45) is 1.70. The second-order valence-corrected chi connectivity index (χ2v) is 8.20.